The highest BCUT2D eigenvalue weighted by atomic mass is 127. The molecule has 1 fully saturated rings. The molecule has 2 rings (SSSR count). The van der Waals surface area contributed by atoms with Crippen molar-refractivity contribution in [2.45, 2.75) is 25.3 Å². The van der Waals surface area contributed by atoms with E-state index in [1.54, 1.807) is 14.2 Å². The SMILES string of the molecule is CN=C(NCCc1cccc(Cl)c1)NCCN(CCOC)C1CC1.I. The first-order valence-electron chi connectivity index (χ1n) is 8.65. The number of rotatable bonds is 10. The molecule has 0 aromatic heterocycles. The smallest absolute Gasteiger partial charge is 0.191 e. The van der Waals surface area contributed by atoms with Crippen LogP contribution in [0.25, 0.3) is 0 Å². The zero-order valence-electron chi connectivity index (χ0n) is 15.1. The van der Waals surface area contributed by atoms with E-state index in [-0.39, 0.29) is 24.0 Å². The fourth-order valence-corrected chi connectivity index (χ4v) is 2.89. The Morgan fingerprint density at radius 3 is 2.68 bits per heavy atom. The molecule has 142 valence electrons. The summed E-state index contributed by atoms with van der Waals surface area (Å²) in [6, 6.07) is 8.72. The molecule has 1 aromatic carbocycles. The molecule has 5 nitrogen and oxygen atoms in total. The Hall–Kier alpha value is -0.570. The van der Waals surface area contributed by atoms with Crippen molar-refractivity contribution in [3.8, 4) is 0 Å². The van der Waals surface area contributed by atoms with E-state index in [0.717, 1.165) is 56.2 Å². The Balaban J connectivity index is 0.00000312. The maximum absolute atomic E-state index is 6.01. The first-order valence-corrected chi connectivity index (χ1v) is 9.02. The fraction of sp³-hybridized carbons (Fsp3) is 0.611. The van der Waals surface area contributed by atoms with E-state index in [9.17, 15) is 0 Å². The van der Waals surface area contributed by atoms with E-state index in [4.69, 9.17) is 16.3 Å². The van der Waals surface area contributed by atoms with Crippen molar-refractivity contribution in [3.63, 3.8) is 0 Å². The molecular formula is C18H30ClIN4O. The highest BCUT2D eigenvalue weighted by molar-refractivity contribution is 14.0. The van der Waals surface area contributed by atoms with Gasteiger partial charge in [-0.15, -0.1) is 24.0 Å². The number of ether oxygens (including phenoxy) is 1. The molecule has 0 spiro atoms. The average Bonchev–Trinajstić information content (AvgIpc) is 3.41. The number of aliphatic imine (C=N–C) groups is 1. The molecule has 0 bridgehead atoms. The van der Waals surface area contributed by atoms with Gasteiger partial charge in [0.05, 0.1) is 6.61 Å². The largest absolute Gasteiger partial charge is 0.383 e. The standard InChI is InChI=1S/C18H29ClN4O.HI/c1-20-18(21-9-8-15-4-3-5-16(19)14-15)22-10-11-23(12-13-24-2)17-6-7-17;/h3-5,14,17H,6-13H2,1-2H3,(H2,20,21,22);1H. The van der Waals surface area contributed by atoms with Crippen LogP contribution < -0.4 is 10.6 Å². The number of nitrogens with zero attached hydrogens (tertiary/aromatic N) is 2. The minimum atomic E-state index is 0. The zero-order valence-corrected chi connectivity index (χ0v) is 18.2. The third kappa shape index (κ3) is 9.08. The highest BCUT2D eigenvalue weighted by Crippen LogP contribution is 2.25. The van der Waals surface area contributed by atoms with Crippen molar-refractivity contribution in [2.75, 3.05) is 46.9 Å². The van der Waals surface area contributed by atoms with Crippen molar-refractivity contribution >= 4 is 41.5 Å². The van der Waals surface area contributed by atoms with Gasteiger partial charge in [0.2, 0.25) is 0 Å². The predicted molar refractivity (Wildman–Crippen MR) is 116 cm³/mol. The lowest BCUT2D eigenvalue weighted by atomic mass is 10.1. The van der Waals surface area contributed by atoms with Crippen molar-refractivity contribution < 1.29 is 4.74 Å². The number of nitrogens with one attached hydrogen (secondary N) is 2. The molecule has 25 heavy (non-hydrogen) atoms. The van der Waals surface area contributed by atoms with Crippen LogP contribution in [0, 0.1) is 0 Å². The minimum absolute atomic E-state index is 0. The maximum Gasteiger partial charge on any atom is 0.191 e. The normalized spacial score (nSPS) is 14.3. The molecular weight excluding hydrogens is 451 g/mol. The molecule has 0 amide bonds. The Labute approximate surface area is 173 Å². The van der Waals surface area contributed by atoms with Crippen molar-refractivity contribution in [3.05, 3.63) is 34.9 Å². The summed E-state index contributed by atoms with van der Waals surface area (Å²) in [6.45, 7) is 4.53. The molecule has 0 radical (unpaired) electrons. The summed E-state index contributed by atoms with van der Waals surface area (Å²) in [5, 5.41) is 7.52. The van der Waals surface area contributed by atoms with Gasteiger partial charge in [0, 0.05) is 51.4 Å². The van der Waals surface area contributed by atoms with Crippen LogP contribution in [0.3, 0.4) is 0 Å². The van der Waals surface area contributed by atoms with Crippen LogP contribution in [0.4, 0.5) is 0 Å². The van der Waals surface area contributed by atoms with Crippen molar-refractivity contribution in [2.24, 2.45) is 4.99 Å². The molecule has 0 aliphatic heterocycles. The second kappa shape index (κ2) is 12.7. The second-order valence-corrected chi connectivity index (χ2v) is 6.50. The van der Waals surface area contributed by atoms with E-state index >= 15 is 0 Å². The first kappa shape index (κ1) is 22.5. The van der Waals surface area contributed by atoms with Crippen molar-refractivity contribution in [1.82, 2.24) is 15.5 Å². The van der Waals surface area contributed by atoms with E-state index in [0.29, 0.717) is 0 Å². The van der Waals surface area contributed by atoms with E-state index in [2.05, 4.69) is 26.6 Å². The molecule has 1 aliphatic rings. The van der Waals surface area contributed by atoms with Crippen LogP contribution in [0.2, 0.25) is 5.02 Å². The molecule has 0 atom stereocenters. The number of benzene rings is 1. The van der Waals surface area contributed by atoms with Crippen LogP contribution in [-0.2, 0) is 11.2 Å². The molecule has 7 heteroatoms. The third-order valence-corrected chi connectivity index (χ3v) is 4.39. The lowest BCUT2D eigenvalue weighted by molar-refractivity contribution is 0.144. The molecule has 1 aliphatic carbocycles. The van der Waals surface area contributed by atoms with Gasteiger partial charge in [-0.05, 0) is 37.0 Å². The molecule has 2 N–H and O–H groups in total. The van der Waals surface area contributed by atoms with Gasteiger partial charge in [-0.3, -0.25) is 9.89 Å². The Kier molecular flexibility index (Phi) is 11.4. The number of methoxy groups -OCH3 is 1. The van der Waals surface area contributed by atoms with Crippen molar-refractivity contribution in [1.29, 1.82) is 0 Å². The minimum Gasteiger partial charge on any atom is -0.383 e. The molecule has 1 aromatic rings. The quantitative estimate of drug-likeness (QED) is 0.307. The van der Waals surface area contributed by atoms with Gasteiger partial charge >= 0.3 is 0 Å². The number of hydrogen-bond donors (Lipinski definition) is 2. The monoisotopic (exact) mass is 480 g/mol. The van der Waals surface area contributed by atoms with E-state index in [1.165, 1.54) is 18.4 Å². The van der Waals surface area contributed by atoms with Gasteiger partial charge in [0.25, 0.3) is 0 Å². The van der Waals surface area contributed by atoms with Crippen LogP contribution in [0.1, 0.15) is 18.4 Å². The topological polar surface area (TPSA) is 48.9 Å². The van der Waals surface area contributed by atoms with E-state index in [1.807, 2.05) is 18.2 Å². The fourth-order valence-electron chi connectivity index (χ4n) is 2.68. The average molecular weight is 481 g/mol. The zero-order chi connectivity index (χ0) is 17.2. The molecule has 0 unspecified atom stereocenters. The van der Waals surface area contributed by atoms with Gasteiger partial charge in [0.1, 0.15) is 0 Å². The number of guanidine groups is 1. The predicted octanol–water partition coefficient (Wildman–Crippen LogP) is 2.78. The van der Waals surface area contributed by atoms with Crippen LogP contribution in [-0.4, -0.2) is 63.8 Å². The van der Waals surface area contributed by atoms with Gasteiger partial charge in [-0.2, -0.15) is 0 Å². The van der Waals surface area contributed by atoms with Gasteiger partial charge in [-0.1, -0.05) is 23.7 Å². The number of hydrogen-bond acceptors (Lipinski definition) is 3. The lowest BCUT2D eigenvalue weighted by Crippen LogP contribution is -2.43. The van der Waals surface area contributed by atoms with Gasteiger partial charge in [-0.25, -0.2) is 0 Å². The summed E-state index contributed by atoms with van der Waals surface area (Å²) in [5.41, 5.74) is 1.23. The Morgan fingerprint density at radius 2 is 2.04 bits per heavy atom. The summed E-state index contributed by atoms with van der Waals surface area (Å²) < 4.78 is 5.19. The van der Waals surface area contributed by atoms with Gasteiger partial charge in [0.15, 0.2) is 5.96 Å². The molecule has 0 heterocycles. The first-order chi connectivity index (χ1) is 11.7. The second-order valence-electron chi connectivity index (χ2n) is 6.07. The van der Waals surface area contributed by atoms with Gasteiger partial charge < -0.3 is 15.4 Å². The summed E-state index contributed by atoms with van der Waals surface area (Å²) in [4.78, 5) is 6.78. The summed E-state index contributed by atoms with van der Waals surface area (Å²) in [5.74, 6) is 0.847. The molecule has 0 saturated heterocycles. The molecule has 1 saturated carbocycles. The van der Waals surface area contributed by atoms with E-state index < -0.39 is 0 Å². The lowest BCUT2D eigenvalue weighted by Gasteiger charge is -2.22. The number of halogens is 2. The van der Waals surface area contributed by atoms with Crippen LogP contribution in [0.5, 0.6) is 0 Å². The third-order valence-electron chi connectivity index (χ3n) is 4.16. The summed E-state index contributed by atoms with van der Waals surface area (Å²) in [6.07, 6.45) is 3.55. The highest BCUT2D eigenvalue weighted by Gasteiger charge is 2.28. The summed E-state index contributed by atoms with van der Waals surface area (Å²) in [7, 11) is 3.56. The maximum atomic E-state index is 6.01. The summed E-state index contributed by atoms with van der Waals surface area (Å²) >= 11 is 6.01. The van der Waals surface area contributed by atoms with Crippen LogP contribution in [0.15, 0.2) is 29.3 Å². The van der Waals surface area contributed by atoms with Crippen LogP contribution >= 0.6 is 35.6 Å². The Morgan fingerprint density at radius 1 is 1.28 bits per heavy atom. The Bertz CT molecular complexity index is 526.